The van der Waals surface area contributed by atoms with Crippen molar-refractivity contribution in [2.75, 3.05) is 13.1 Å². The zero-order chi connectivity index (χ0) is 18.5. The van der Waals surface area contributed by atoms with Crippen LogP contribution in [0.25, 0.3) is 0 Å². The van der Waals surface area contributed by atoms with Gasteiger partial charge in [0.2, 0.25) is 0 Å². The topological polar surface area (TPSA) is 49.4 Å². The second-order valence-corrected chi connectivity index (χ2v) is 7.05. The molecule has 4 heteroatoms. The average Bonchev–Trinajstić information content (AvgIpc) is 2.66. The molecule has 2 aromatic carbocycles. The van der Waals surface area contributed by atoms with E-state index in [0.29, 0.717) is 17.7 Å². The van der Waals surface area contributed by atoms with E-state index >= 15 is 0 Å². The molecule has 1 aliphatic rings. The van der Waals surface area contributed by atoms with Crippen molar-refractivity contribution in [1.82, 2.24) is 10.2 Å². The van der Waals surface area contributed by atoms with E-state index in [1.165, 1.54) is 6.42 Å². The van der Waals surface area contributed by atoms with Gasteiger partial charge in [-0.15, -0.1) is 0 Å². The van der Waals surface area contributed by atoms with Gasteiger partial charge < -0.3 is 10.2 Å². The summed E-state index contributed by atoms with van der Waals surface area (Å²) in [7, 11) is 0. The Bertz CT molecular complexity index is 808. The van der Waals surface area contributed by atoms with Gasteiger partial charge in [-0.05, 0) is 62.4 Å². The fourth-order valence-corrected chi connectivity index (χ4v) is 3.44. The number of piperidine rings is 1. The summed E-state index contributed by atoms with van der Waals surface area (Å²) in [5, 5.41) is 2.96. The van der Waals surface area contributed by atoms with Gasteiger partial charge in [-0.1, -0.05) is 29.8 Å². The standard InChI is InChI=1S/C22H26N2O2/c1-16-9-10-20(17(2)13-16)21(25)23-15-18-7-6-8-19(14-18)22(26)24-11-4-3-5-12-24/h6-10,13-14H,3-5,11-12,15H2,1-2H3,(H,23,25). The van der Waals surface area contributed by atoms with Gasteiger partial charge in [-0.3, -0.25) is 9.59 Å². The monoisotopic (exact) mass is 350 g/mol. The van der Waals surface area contributed by atoms with Crippen molar-refractivity contribution >= 4 is 11.8 Å². The third-order valence-electron chi connectivity index (χ3n) is 4.90. The van der Waals surface area contributed by atoms with Crippen molar-refractivity contribution in [2.24, 2.45) is 0 Å². The molecule has 0 atom stereocenters. The Balaban J connectivity index is 1.65. The Hall–Kier alpha value is -2.62. The molecule has 1 fully saturated rings. The van der Waals surface area contributed by atoms with Crippen LogP contribution in [0.3, 0.4) is 0 Å². The maximum atomic E-state index is 12.6. The highest BCUT2D eigenvalue weighted by molar-refractivity contribution is 5.96. The summed E-state index contributed by atoms with van der Waals surface area (Å²) in [6.45, 7) is 6.05. The predicted molar refractivity (Wildman–Crippen MR) is 103 cm³/mol. The molecule has 2 aromatic rings. The summed E-state index contributed by atoms with van der Waals surface area (Å²) in [5.41, 5.74) is 4.44. The van der Waals surface area contributed by atoms with Gasteiger partial charge in [-0.2, -0.15) is 0 Å². The fourth-order valence-electron chi connectivity index (χ4n) is 3.44. The van der Waals surface area contributed by atoms with Crippen LogP contribution in [0.4, 0.5) is 0 Å². The maximum absolute atomic E-state index is 12.6. The van der Waals surface area contributed by atoms with Gasteiger partial charge >= 0.3 is 0 Å². The molecule has 4 nitrogen and oxygen atoms in total. The number of likely N-dealkylation sites (tertiary alicyclic amines) is 1. The molecule has 0 aliphatic carbocycles. The third-order valence-corrected chi connectivity index (χ3v) is 4.90. The van der Waals surface area contributed by atoms with Gasteiger partial charge in [0.05, 0.1) is 0 Å². The second kappa shape index (κ2) is 8.17. The zero-order valence-corrected chi connectivity index (χ0v) is 15.5. The lowest BCUT2D eigenvalue weighted by Crippen LogP contribution is -2.35. The van der Waals surface area contributed by atoms with Crippen molar-refractivity contribution in [1.29, 1.82) is 0 Å². The smallest absolute Gasteiger partial charge is 0.253 e. The molecule has 26 heavy (non-hydrogen) atoms. The molecule has 2 amide bonds. The van der Waals surface area contributed by atoms with E-state index in [0.717, 1.165) is 42.6 Å². The Labute approximate surface area is 155 Å². The fraction of sp³-hybridized carbons (Fsp3) is 0.364. The Kier molecular flexibility index (Phi) is 5.71. The first kappa shape index (κ1) is 18.2. The minimum absolute atomic E-state index is 0.0877. The van der Waals surface area contributed by atoms with E-state index in [1.54, 1.807) is 0 Å². The van der Waals surface area contributed by atoms with E-state index < -0.39 is 0 Å². The number of nitrogens with one attached hydrogen (secondary N) is 1. The highest BCUT2D eigenvalue weighted by atomic mass is 16.2. The van der Waals surface area contributed by atoms with Crippen LogP contribution in [0.2, 0.25) is 0 Å². The Morgan fingerprint density at radius 2 is 1.77 bits per heavy atom. The summed E-state index contributed by atoms with van der Waals surface area (Å²) in [6, 6.07) is 13.4. The number of amides is 2. The Morgan fingerprint density at radius 3 is 2.50 bits per heavy atom. The molecule has 0 saturated carbocycles. The molecule has 0 unspecified atom stereocenters. The molecule has 0 bridgehead atoms. The summed E-state index contributed by atoms with van der Waals surface area (Å²) >= 11 is 0. The van der Waals surface area contributed by atoms with Crippen LogP contribution in [0, 0.1) is 13.8 Å². The number of nitrogens with zero attached hydrogens (tertiary/aromatic N) is 1. The van der Waals surface area contributed by atoms with Crippen LogP contribution in [0.5, 0.6) is 0 Å². The second-order valence-electron chi connectivity index (χ2n) is 7.05. The van der Waals surface area contributed by atoms with E-state index in [1.807, 2.05) is 61.2 Å². The summed E-state index contributed by atoms with van der Waals surface area (Å²) < 4.78 is 0. The highest BCUT2D eigenvalue weighted by Gasteiger charge is 2.18. The summed E-state index contributed by atoms with van der Waals surface area (Å²) in [6.07, 6.45) is 3.36. The van der Waals surface area contributed by atoms with E-state index in [-0.39, 0.29) is 11.8 Å². The lowest BCUT2D eigenvalue weighted by atomic mass is 10.0. The van der Waals surface area contributed by atoms with Crippen LogP contribution < -0.4 is 5.32 Å². The van der Waals surface area contributed by atoms with Crippen molar-refractivity contribution in [3.05, 3.63) is 70.3 Å². The number of aryl methyl sites for hydroxylation is 2. The first-order valence-electron chi connectivity index (χ1n) is 9.28. The van der Waals surface area contributed by atoms with Gasteiger partial charge in [0, 0.05) is 30.8 Å². The lowest BCUT2D eigenvalue weighted by molar-refractivity contribution is 0.0724. The van der Waals surface area contributed by atoms with E-state index in [2.05, 4.69) is 5.32 Å². The SMILES string of the molecule is Cc1ccc(C(=O)NCc2cccc(C(=O)N3CCCCC3)c2)c(C)c1. The molecule has 0 aromatic heterocycles. The van der Waals surface area contributed by atoms with Crippen LogP contribution in [-0.4, -0.2) is 29.8 Å². The van der Waals surface area contributed by atoms with Crippen LogP contribution in [-0.2, 0) is 6.54 Å². The molecule has 1 N–H and O–H groups in total. The van der Waals surface area contributed by atoms with Gasteiger partial charge in [0.25, 0.3) is 11.8 Å². The van der Waals surface area contributed by atoms with Crippen molar-refractivity contribution < 1.29 is 9.59 Å². The van der Waals surface area contributed by atoms with Gasteiger partial charge in [0.15, 0.2) is 0 Å². The predicted octanol–water partition coefficient (Wildman–Crippen LogP) is 3.86. The number of carbonyl (C=O) groups excluding carboxylic acids is 2. The minimum Gasteiger partial charge on any atom is -0.348 e. The highest BCUT2D eigenvalue weighted by Crippen LogP contribution is 2.15. The first-order valence-corrected chi connectivity index (χ1v) is 9.28. The van der Waals surface area contributed by atoms with Crippen LogP contribution >= 0.6 is 0 Å². The molecule has 0 spiro atoms. The summed E-state index contributed by atoms with van der Waals surface area (Å²) in [4.78, 5) is 27.0. The molecule has 1 saturated heterocycles. The molecule has 1 heterocycles. The first-order chi connectivity index (χ1) is 12.5. The molecule has 1 aliphatic heterocycles. The van der Waals surface area contributed by atoms with Crippen LogP contribution in [0.15, 0.2) is 42.5 Å². The normalized spacial score (nSPS) is 14.2. The number of hydrogen-bond donors (Lipinski definition) is 1. The molecule has 136 valence electrons. The van der Waals surface area contributed by atoms with Crippen molar-refractivity contribution in [2.45, 2.75) is 39.7 Å². The number of carbonyl (C=O) groups is 2. The molecular formula is C22H26N2O2. The number of rotatable bonds is 4. The van der Waals surface area contributed by atoms with E-state index in [9.17, 15) is 9.59 Å². The van der Waals surface area contributed by atoms with Crippen molar-refractivity contribution in [3.63, 3.8) is 0 Å². The van der Waals surface area contributed by atoms with Crippen molar-refractivity contribution in [3.8, 4) is 0 Å². The number of hydrogen-bond acceptors (Lipinski definition) is 2. The summed E-state index contributed by atoms with van der Waals surface area (Å²) in [5.74, 6) is 0.00233. The lowest BCUT2D eigenvalue weighted by Gasteiger charge is -2.26. The van der Waals surface area contributed by atoms with Gasteiger partial charge in [-0.25, -0.2) is 0 Å². The molecule has 3 rings (SSSR count). The number of benzene rings is 2. The van der Waals surface area contributed by atoms with Crippen LogP contribution in [0.1, 0.15) is 56.7 Å². The van der Waals surface area contributed by atoms with Gasteiger partial charge in [0.1, 0.15) is 0 Å². The maximum Gasteiger partial charge on any atom is 0.253 e. The Morgan fingerprint density at radius 1 is 1.00 bits per heavy atom. The van der Waals surface area contributed by atoms with E-state index in [4.69, 9.17) is 0 Å². The largest absolute Gasteiger partial charge is 0.348 e. The quantitative estimate of drug-likeness (QED) is 0.910. The zero-order valence-electron chi connectivity index (χ0n) is 15.5. The minimum atomic E-state index is -0.0877. The average molecular weight is 350 g/mol. The molecular weight excluding hydrogens is 324 g/mol. The molecule has 0 radical (unpaired) electrons. The third kappa shape index (κ3) is 4.31.